The van der Waals surface area contributed by atoms with Crippen LogP contribution in [0, 0.1) is 11.8 Å². The molecule has 3 atom stereocenters. The van der Waals surface area contributed by atoms with Crippen molar-refractivity contribution in [3.05, 3.63) is 84.4 Å². The summed E-state index contributed by atoms with van der Waals surface area (Å²) in [6.45, 7) is 7.06. The number of amides is 2. The first-order valence-corrected chi connectivity index (χ1v) is 21.6. The quantitative estimate of drug-likeness (QED) is 0.0693. The highest BCUT2D eigenvalue weighted by Crippen LogP contribution is 2.54. The lowest BCUT2D eigenvalue weighted by Crippen LogP contribution is -2.50. The van der Waals surface area contributed by atoms with E-state index in [1.54, 1.807) is 75.5 Å². The maximum absolute atomic E-state index is 14.8. The smallest absolute Gasteiger partial charge is 0.450 e. The van der Waals surface area contributed by atoms with Crippen LogP contribution in [0.25, 0.3) is 0 Å². The van der Waals surface area contributed by atoms with Gasteiger partial charge in [-0.1, -0.05) is 58.0 Å². The van der Waals surface area contributed by atoms with Gasteiger partial charge in [0.15, 0.2) is 11.9 Å². The number of alkyl carbamates (subject to hydrolysis) is 1. The van der Waals surface area contributed by atoms with Crippen LogP contribution in [-0.2, 0) is 30.2 Å². The number of hydrogen-bond acceptors (Lipinski definition) is 11. The molecule has 3 aromatic carbocycles. The fraction of sp³-hybridized carbons (Fsp3) is 0.417. The number of benzene rings is 3. The Morgan fingerprint density at radius 2 is 1.28 bits per heavy atom. The van der Waals surface area contributed by atoms with E-state index < -0.39 is 55.3 Å². The predicted octanol–water partition coefficient (Wildman–Crippen LogP) is 8.50. The highest BCUT2D eigenvalue weighted by Gasteiger charge is 2.44. The molecule has 10 nitrogen and oxygen atoms in total. The van der Waals surface area contributed by atoms with E-state index in [4.69, 9.17) is 18.5 Å². The molecule has 0 saturated carbocycles. The molecule has 0 unspecified atom stereocenters. The van der Waals surface area contributed by atoms with Crippen LogP contribution in [0.15, 0.2) is 88.7 Å². The number of hydrogen-bond donors (Lipinski definition) is 2. The molecule has 0 radical (unpaired) electrons. The van der Waals surface area contributed by atoms with Crippen molar-refractivity contribution in [2.45, 2.75) is 68.4 Å². The number of nitrogens with one attached hydrogen (secondary N) is 2. The molecule has 2 N–H and O–H groups in total. The van der Waals surface area contributed by atoms with E-state index in [1.165, 1.54) is 11.8 Å². The van der Waals surface area contributed by atoms with Gasteiger partial charge in [-0.25, -0.2) is 14.2 Å². The maximum Gasteiger partial charge on any atom is 0.453 e. The molecule has 0 aliphatic rings. The summed E-state index contributed by atoms with van der Waals surface area (Å²) in [5.41, 5.74) is 0.793. The van der Waals surface area contributed by atoms with E-state index in [1.807, 2.05) is 73.4 Å². The Bertz CT molecular complexity index is 1510. The van der Waals surface area contributed by atoms with Gasteiger partial charge in [-0.2, -0.15) is 11.8 Å². The van der Waals surface area contributed by atoms with E-state index in [0.29, 0.717) is 17.3 Å². The average molecular weight is 763 g/mol. The van der Waals surface area contributed by atoms with E-state index in [9.17, 15) is 18.9 Å². The van der Waals surface area contributed by atoms with Crippen LogP contribution >= 0.6 is 42.9 Å². The Morgan fingerprint density at radius 1 is 0.740 bits per heavy atom. The van der Waals surface area contributed by atoms with Crippen LogP contribution in [0.5, 0.6) is 11.5 Å². The highest BCUT2D eigenvalue weighted by atomic mass is 32.2. The number of thioether (sulfide) groups is 3. The van der Waals surface area contributed by atoms with Crippen molar-refractivity contribution in [1.29, 1.82) is 0 Å². The minimum absolute atomic E-state index is 0.0260. The van der Waals surface area contributed by atoms with E-state index in [-0.39, 0.29) is 13.0 Å². The molecule has 3 rings (SSSR count). The maximum atomic E-state index is 14.8. The van der Waals surface area contributed by atoms with Gasteiger partial charge < -0.3 is 29.2 Å². The summed E-state index contributed by atoms with van der Waals surface area (Å²) < 4.78 is 38.2. The van der Waals surface area contributed by atoms with Crippen LogP contribution in [0.3, 0.4) is 0 Å². The summed E-state index contributed by atoms with van der Waals surface area (Å²) in [6.07, 6.45) is 3.96. The Kier molecular flexibility index (Phi) is 16.9. The molecule has 0 fully saturated rings. The van der Waals surface area contributed by atoms with Crippen molar-refractivity contribution >= 4 is 60.9 Å². The number of esters is 1. The van der Waals surface area contributed by atoms with Gasteiger partial charge in [-0.05, 0) is 96.9 Å². The second-order valence-electron chi connectivity index (χ2n) is 11.9. The lowest BCUT2D eigenvalue weighted by Gasteiger charge is -2.32. The van der Waals surface area contributed by atoms with Gasteiger partial charge in [0, 0.05) is 9.79 Å². The monoisotopic (exact) mass is 762 g/mol. The Morgan fingerprint density at radius 3 is 1.74 bits per heavy atom. The zero-order valence-corrected chi connectivity index (χ0v) is 32.8. The third kappa shape index (κ3) is 12.8. The van der Waals surface area contributed by atoms with Crippen LogP contribution < -0.4 is 19.7 Å². The van der Waals surface area contributed by atoms with Gasteiger partial charge in [0.1, 0.15) is 24.1 Å². The van der Waals surface area contributed by atoms with Crippen molar-refractivity contribution in [2.75, 3.05) is 24.5 Å². The van der Waals surface area contributed by atoms with Gasteiger partial charge in [0.05, 0.1) is 0 Å². The Hall–Kier alpha value is -3.25. The molecule has 0 aromatic heterocycles. The largest absolute Gasteiger partial charge is 0.453 e. The molecule has 14 heteroatoms. The topological polar surface area (TPSA) is 129 Å². The average Bonchev–Trinajstić information content (AvgIpc) is 3.10. The van der Waals surface area contributed by atoms with Crippen molar-refractivity contribution < 1.29 is 37.5 Å². The van der Waals surface area contributed by atoms with Crippen LogP contribution in [0.4, 0.5) is 4.79 Å². The summed E-state index contributed by atoms with van der Waals surface area (Å²) in [6, 6.07) is 22.3. The predicted molar refractivity (Wildman–Crippen MR) is 203 cm³/mol. The minimum Gasteiger partial charge on any atom is -0.450 e. The summed E-state index contributed by atoms with van der Waals surface area (Å²) in [7, 11) is -4.18. The SMILES string of the molecule is CSCC[C@H](NC(=O)OCc1ccccc1)C(=O)O[C@H](C(=O)N[C@H](C(C)C)P(=O)(Oc1ccc(SC)cc1)Oc1ccc(SC)cc1)C(C)C. The second kappa shape index (κ2) is 20.6. The molecule has 0 bridgehead atoms. The van der Waals surface area contributed by atoms with Gasteiger partial charge in [-0.15, -0.1) is 23.5 Å². The Labute approximate surface area is 308 Å². The van der Waals surface area contributed by atoms with Crippen molar-refractivity contribution in [2.24, 2.45) is 11.8 Å². The van der Waals surface area contributed by atoms with E-state index in [0.717, 1.165) is 15.4 Å². The van der Waals surface area contributed by atoms with Crippen molar-refractivity contribution in [3.63, 3.8) is 0 Å². The summed E-state index contributed by atoms with van der Waals surface area (Å²) >= 11 is 4.60. The first kappa shape index (κ1) is 41.2. The third-order valence-electron chi connectivity index (χ3n) is 7.35. The minimum atomic E-state index is -4.18. The molecule has 0 aliphatic heterocycles. The molecular formula is C36H47N2O8PS3. The first-order valence-electron chi connectivity index (χ1n) is 16.1. The molecule has 50 heavy (non-hydrogen) atoms. The zero-order valence-electron chi connectivity index (χ0n) is 29.5. The van der Waals surface area contributed by atoms with E-state index >= 15 is 0 Å². The molecule has 0 heterocycles. The molecule has 0 aliphatic carbocycles. The first-order chi connectivity index (χ1) is 23.9. The molecule has 3 aromatic rings. The summed E-state index contributed by atoms with van der Waals surface area (Å²) in [5, 5.41) is 5.43. The third-order valence-corrected chi connectivity index (χ3v) is 11.8. The highest BCUT2D eigenvalue weighted by molar-refractivity contribution is 7.99. The standard InChI is InChI=1S/C36H47N2O8PS3/c1-24(2)32(44-35(40)31(21-22-48-5)37-36(41)43-23-26-11-9-8-10-12-26)33(39)38-34(25(3)4)47(42,45-27-13-17-29(49-6)18-14-27)46-28-15-19-30(50-7)20-16-28/h8-20,24-25,31-32,34H,21-23H2,1-7H3,(H,37,41)(H,38,39)/t31-,32-,34-/m0/s1. The molecule has 272 valence electrons. The van der Waals surface area contributed by atoms with Crippen LogP contribution in [-0.4, -0.2) is 60.4 Å². The molecule has 0 saturated heterocycles. The number of rotatable bonds is 19. The van der Waals surface area contributed by atoms with Crippen molar-refractivity contribution in [3.8, 4) is 11.5 Å². The van der Waals surface area contributed by atoms with Gasteiger partial charge >= 0.3 is 19.7 Å². The lowest BCUT2D eigenvalue weighted by atomic mass is 10.1. The molecule has 0 spiro atoms. The summed E-state index contributed by atoms with van der Waals surface area (Å²) in [4.78, 5) is 42.1. The number of carbonyl (C=O) groups is 3. The normalized spacial score (nSPS) is 13.2. The Balaban J connectivity index is 1.83. The van der Waals surface area contributed by atoms with E-state index in [2.05, 4.69) is 10.6 Å². The zero-order chi connectivity index (χ0) is 36.7. The van der Waals surface area contributed by atoms with Gasteiger partial charge in [-0.3, -0.25) is 4.79 Å². The fourth-order valence-corrected chi connectivity index (χ4v) is 8.03. The number of carbonyl (C=O) groups excluding carboxylic acids is 3. The molecular weight excluding hydrogens is 716 g/mol. The lowest BCUT2D eigenvalue weighted by molar-refractivity contribution is -0.160. The van der Waals surface area contributed by atoms with Crippen LogP contribution in [0.1, 0.15) is 39.7 Å². The van der Waals surface area contributed by atoms with Gasteiger partial charge in [0.2, 0.25) is 0 Å². The van der Waals surface area contributed by atoms with Crippen LogP contribution in [0.2, 0.25) is 0 Å². The van der Waals surface area contributed by atoms with Gasteiger partial charge in [0.25, 0.3) is 5.91 Å². The number of ether oxygens (including phenoxy) is 2. The summed E-state index contributed by atoms with van der Waals surface area (Å²) in [5.74, 6) is -2.35. The molecule has 2 amide bonds. The van der Waals surface area contributed by atoms with Crippen molar-refractivity contribution in [1.82, 2.24) is 10.6 Å². The second-order valence-corrected chi connectivity index (χ2v) is 16.7. The fourth-order valence-electron chi connectivity index (χ4n) is 4.63.